The van der Waals surface area contributed by atoms with Gasteiger partial charge in [0.1, 0.15) is 17.0 Å². The number of morpholine rings is 1. The lowest BCUT2D eigenvalue weighted by Crippen LogP contribution is -2.37. The molecule has 0 N–H and O–H groups in total. The van der Waals surface area contributed by atoms with Crippen LogP contribution in [-0.4, -0.2) is 58.3 Å². The number of fused-ring (bicyclic) bond motifs is 1. The molecular formula is C24H24ClFN6O2. The largest absolute Gasteiger partial charge is 0.481 e. The van der Waals surface area contributed by atoms with Crippen molar-refractivity contribution in [2.24, 2.45) is 0 Å². The van der Waals surface area contributed by atoms with Crippen molar-refractivity contribution >= 4 is 28.7 Å². The minimum Gasteiger partial charge on any atom is -0.481 e. The van der Waals surface area contributed by atoms with Gasteiger partial charge < -0.3 is 14.4 Å². The highest BCUT2D eigenvalue weighted by atomic mass is 35.5. The molecule has 0 amide bonds. The Bertz CT molecular complexity index is 1290. The van der Waals surface area contributed by atoms with Crippen molar-refractivity contribution < 1.29 is 13.9 Å². The first-order valence-electron chi connectivity index (χ1n) is 10.7. The second kappa shape index (κ2) is 10.7. The highest BCUT2D eigenvalue weighted by Crippen LogP contribution is 2.30. The van der Waals surface area contributed by atoms with Gasteiger partial charge in [0.15, 0.2) is 5.65 Å². The van der Waals surface area contributed by atoms with E-state index in [2.05, 4.69) is 24.9 Å². The Morgan fingerprint density at radius 3 is 2.41 bits per heavy atom. The van der Waals surface area contributed by atoms with Crippen LogP contribution in [0, 0.1) is 19.7 Å². The predicted molar refractivity (Wildman–Crippen MR) is 129 cm³/mol. The molecule has 1 aliphatic rings. The van der Waals surface area contributed by atoms with Crippen molar-refractivity contribution in [2.75, 3.05) is 38.3 Å². The van der Waals surface area contributed by atoms with E-state index in [1.54, 1.807) is 31.5 Å². The number of aryl methyl sites for hydroxylation is 2. The fourth-order valence-electron chi connectivity index (χ4n) is 3.34. The van der Waals surface area contributed by atoms with Crippen molar-refractivity contribution in [2.45, 2.75) is 13.8 Å². The molecule has 1 fully saturated rings. The molecule has 5 rings (SSSR count). The number of pyridine rings is 1. The molecule has 0 unspecified atom stereocenters. The van der Waals surface area contributed by atoms with E-state index in [1.807, 2.05) is 30.9 Å². The smallest absolute Gasteiger partial charge is 0.228 e. The Hall–Kier alpha value is -3.43. The van der Waals surface area contributed by atoms with Crippen molar-refractivity contribution in [1.29, 1.82) is 0 Å². The van der Waals surface area contributed by atoms with Crippen LogP contribution in [0.1, 0.15) is 11.4 Å². The maximum atomic E-state index is 14.6. The number of nitrogens with zero attached hydrogens (tertiary/aromatic N) is 6. The van der Waals surface area contributed by atoms with Crippen molar-refractivity contribution in [3.8, 4) is 17.1 Å². The zero-order chi connectivity index (χ0) is 24.1. The van der Waals surface area contributed by atoms with Gasteiger partial charge in [0, 0.05) is 35.9 Å². The third-order valence-corrected chi connectivity index (χ3v) is 5.49. The second-order valence-corrected chi connectivity index (χ2v) is 7.97. The Labute approximate surface area is 201 Å². The van der Waals surface area contributed by atoms with Crippen LogP contribution in [0.2, 0.25) is 5.02 Å². The molecule has 1 saturated heterocycles. The first-order valence-corrected chi connectivity index (χ1v) is 11.1. The van der Waals surface area contributed by atoms with E-state index in [9.17, 15) is 4.39 Å². The Kier molecular flexibility index (Phi) is 7.44. The van der Waals surface area contributed by atoms with Crippen molar-refractivity contribution in [3.05, 3.63) is 64.8 Å². The van der Waals surface area contributed by atoms with Crippen LogP contribution in [0.15, 0.2) is 42.6 Å². The van der Waals surface area contributed by atoms with Crippen LogP contribution in [0.5, 0.6) is 5.88 Å². The Morgan fingerprint density at radius 1 is 1.00 bits per heavy atom. The number of methoxy groups -OCH3 is 1. The summed E-state index contributed by atoms with van der Waals surface area (Å²) < 4.78 is 24.8. The van der Waals surface area contributed by atoms with Gasteiger partial charge in [-0.05, 0) is 38.1 Å². The van der Waals surface area contributed by atoms with Gasteiger partial charge in [0.25, 0.3) is 0 Å². The third-order valence-electron chi connectivity index (χ3n) is 5.26. The number of rotatable bonds is 3. The van der Waals surface area contributed by atoms with Gasteiger partial charge in [-0.1, -0.05) is 17.7 Å². The van der Waals surface area contributed by atoms with Crippen LogP contribution in [0.4, 0.5) is 10.3 Å². The first kappa shape index (κ1) is 23.7. The molecule has 0 saturated carbocycles. The summed E-state index contributed by atoms with van der Waals surface area (Å²) in [6.45, 7) is 6.29. The molecule has 0 radical (unpaired) electrons. The average molecular weight is 483 g/mol. The minimum atomic E-state index is -0.453. The highest BCUT2D eigenvalue weighted by molar-refractivity contribution is 6.30. The van der Waals surface area contributed by atoms with Gasteiger partial charge >= 0.3 is 0 Å². The fourth-order valence-corrected chi connectivity index (χ4v) is 3.50. The topological polar surface area (TPSA) is 86.2 Å². The summed E-state index contributed by atoms with van der Waals surface area (Å²) in [6.07, 6.45) is 1.69. The lowest BCUT2D eigenvalue weighted by Gasteiger charge is -2.27. The number of hydrogen-bond donors (Lipinski definition) is 0. The number of anilines is 1. The predicted octanol–water partition coefficient (Wildman–Crippen LogP) is 4.42. The molecule has 0 bridgehead atoms. The van der Waals surface area contributed by atoms with E-state index < -0.39 is 5.82 Å². The standard InChI is InChI=1S/C18H17ClFN5O.C6H7NO/c1-10-11(2)22-17-16(21-10)15(13-4-3-12(19)9-14(13)20)23-18(24-17)25-5-7-26-8-6-25;1-8-6-4-2-3-5-7-6/h3-4,9H,5-8H2,1-2H3;2-5H,1H3. The lowest BCUT2D eigenvalue weighted by atomic mass is 10.1. The van der Waals surface area contributed by atoms with Gasteiger partial charge in [-0.2, -0.15) is 4.98 Å². The van der Waals surface area contributed by atoms with Gasteiger partial charge in [-0.25, -0.2) is 24.3 Å². The molecule has 0 spiro atoms. The molecule has 3 aromatic heterocycles. The SMILES string of the molecule is COc1ccccn1.Cc1nc2nc(N3CCOCC3)nc(-c3ccc(Cl)cc3F)c2nc1C. The summed E-state index contributed by atoms with van der Waals surface area (Å²) in [7, 11) is 1.60. The normalized spacial score (nSPS) is 13.4. The second-order valence-electron chi connectivity index (χ2n) is 7.53. The number of ether oxygens (including phenoxy) is 2. The summed E-state index contributed by atoms with van der Waals surface area (Å²) in [5.74, 6) is 0.709. The van der Waals surface area contributed by atoms with Crippen molar-refractivity contribution in [1.82, 2.24) is 24.9 Å². The molecule has 34 heavy (non-hydrogen) atoms. The Morgan fingerprint density at radius 2 is 1.76 bits per heavy atom. The number of benzene rings is 1. The van der Waals surface area contributed by atoms with Gasteiger partial charge in [-0.3, -0.25) is 0 Å². The minimum absolute atomic E-state index is 0.328. The lowest BCUT2D eigenvalue weighted by molar-refractivity contribution is 0.122. The van der Waals surface area contributed by atoms with Crippen LogP contribution < -0.4 is 9.64 Å². The molecule has 1 aliphatic heterocycles. The van der Waals surface area contributed by atoms with Crippen LogP contribution in [0.3, 0.4) is 0 Å². The third kappa shape index (κ3) is 5.37. The van der Waals surface area contributed by atoms with Gasteiger partial charge in [0.05, 0.1) is 31.7 Å². The van der Waals surface area contributed by atoms with Crippen LogP contribution >= 0.6 is 11.6 Å². The molecule has 4 aromatic rings. The molecular weight excluding hydrogens is 459 g/mol. The molecule has 10 heteroatoms. The van der Waals surface area contributed by atoms with E-state index in [1.165, 1.54) is 6.07 Å². The van der Waals surface area contributed by atoms with E-state index in [-0.39, 0.29) is 0 Å². The highest BCUT2D eigenvalue weighted by Gasteiger charge is 2.21. The fraction of sp³-hybridized carbons (Fsp3) is 0.292. The van der Waals surface area contributed by atoms with Gasteiger partial charge in [-0.15, -0.1) is 0 Å². The summed E-state index contributed by atoms with van der Waals surface area (Å²) in [4.78, 5) is 24.2. The number of halogens is 2. The number of hydrogen-bond acceptors (Lipinski definition) is 8. The molecule has 0 atom stereocenters. The molecule has 4 heterocycles. The van der Waals surface area contributed by atoms with Gasteiger partial charge in [0.2, 0.25) is 11.8 Å². The molecule has 1 aromatic carbocycles. The van der Waals surface area contributed by atoms with E-state index in [4.69, 9.17) is 21.1 Å². The Balaban J connectivity index is 0.000000291. The van der Waals surface area contributed by atoms with Crippen molar-refractivity contribution in [3.63, 3.8) is 0 Å². The maximum absolute atomic E-state index is 14.6. The summed E-state index contributed by atoms with van der Waals surface area (Å²) in [6, 6.07) is 10.1. The summed E-state index contributed by atoms with van der Waals surface area (Å²) >= 11 is 5.90. The zero-order valence-electron chi connectivity index (χ0n) is 19.1. The first-order chi connectivity index (χ1) is 16.5. The molecule has 8 nitrogen and oxygen atoms in total. The van der Waals surface area contributed by atoms with Crippen LogP contribution in [0.25, 0.3) is 22.4 Å². The summed E-state index contributed by atoms with van der Waals surface area (Å²) in [5, 5.41) is 0.330. The monoisotopic (exact) mass is 482 g/mol. The summed E-state index contributed by atoms with van der Waals surface area (Å²) in [5.41, 5.74) is 3.22. The average Bonchev–Trinajstić information content (AvgIpc) is 2.86. The molecule has 0 aliphatic carbocycles. The molecule has 176 valence electrons. The quantitative estimate of drug-likeness (QED) is 0.424. The zero-order valence-corrected chi connectivity index (χ0v) is 19.9. The number of aromatic nitrogens is 5. The maximum Gasteiger partial charge on any atom is 0.228 e. The van der Waals surface area contributed by atoms with E-state index in [0.29, 0.717) is 65.6 Å². The van der Waals surface area contributed by atoms with E-state index >= 15 is 0 Å². The van der Waals surface area contributed by atoms with Crippen LogP contribution in [-0.2, 0) is 4.74 Å². The van der Waals surface area contributed by atoms with E-state index in [0.717, 1.165) is 11.4 Å².